The van der Waals surface area contributed by atoms with Gasteiger partial charge in [-0.1, -0.05) is 29.3 Å². The van der Waals surface area contributed by atoms with Crippen LogP contribution in [0.1, 0.15) is 18.4 Å². The van der Waals surface area contributed by atoms with E-state index < -0.39 is 0 Å². The average molecular weight is 338 g/mol. The second-order valence-electron chi connectivity index (χ2n) is 4.82. The number of amides is 1. The first-order valence-corrected chi connectivity index (χ1v) is 7.26. The number of likely N-dealkylation sites (tertiary alicyclic amines) is 1. The Morgan fingerprint density at radius 2 is 2.05 bits per heavy atom. The zero-order valence-electron chi connectivity index (χ0n) is 11.4. The summed E-state index contributed by atoms with van der Waals surface area (Å²) in [5.41, 5.74) is 0.728. The van der Waals surface area contributed by atoms with Gasteiger partial charge >= 0.3 is 0 Å². The first-order valence-electron chi connectivity index (χ1n) is 6.50. The molecule has 2 rings (SSSR count). The number of nitrogens with zero attached hydrogens (tertiary/aromatic N) is 1. The first kappa shape index (κ1) is 17.6. The van der Waals surface area contributed by atoms with Gasteiger partial charge in [-0.3, -0.25) is 4.79 Å². The standard InChI is InChI=1S/C14H18Cl2N2O.ClH/c1-17-9-10-4-3-7-18(10)14(19)8-11-12(15)5-2-6-13(11)16;/h2,5-6,10,17H,3-4,7-9H2,1H3;1H. The summed E-state index contributed by atoms with van der Waals surface area (Å²) in [6.07, 6.45) is 2.40. The lowest BCUT2D eigenvalue weighted by Gasteiger charge is -2.25. The van der Waals surface area contributed by atoms with E-state index in [1.165, 1.54) is 0 Å². The summed E-state index contributed by atoms with van der Waals surface area (Å²) < 4.78 is 0. The molecule has 112 valence electrons. The predicted octanol–water partition coefficient (Wildman–Crippen LogP) is 3.17. The van der Waals surface area contributed by atoms with Crippen LogP contribution in [0.4, 0.5) is 0 Å². The van der Waals surface area contributed by atoms with E-state index in [-0.39, 0.29) is 24.7 Å². The third-order valence-corrected chi connectivity index (χ3v) is 4.24. The van der Waals surface area contributed by atoms with Crippen molar-refractivity contribution >= 4 is 41.5 Å². The number of rotatable bonds is 4. The Morgan fingerprint density at radius 3 is 2.65 bits per heavy atom. The molecule has 1 saturated heterocycles. The van der Waals surface area contributed by atoms with Gasteiger partial charge in [0.1, 0.15) is 0 Å². The molecule has 1 aliphatic heterocycles. The van der Waals surface area contributed by atoms with E-state index in [9.17, 15) is 4.79 Å². The van der Waals surface area contributed by atoms with Crippen LogP contribution in [-0.2, 0) is 11.2 Å². The molecule has 0 aromatic heterocycles. The van der Waals surface area contributed by atoms with Crippen LogP contribution >= 0.6 is 35.6 Å². The van der Waals surface area contributed by atoms with Crippen molar-refractivity contribution in [2.45, 2.75) is 25.3 Å². The minimum Gasteiger partial charge on any atom is -0.338 e. The fourth-order valence-corrected chi connectivity index (χ4v) is 3.10. The predicted molar refractivity (Wildman–Crippen MR) is 86.1 cm³/mol. The summed E-state index contributed by atoms with van der Waals surface area (Å²) in [6, 6.07) is 5.62. The minimum absolute atomic E-state index is 0. The van der Waals surface area contributed by atoms with Crippen molar-refractivity contribution in [3.8, 4) is 0 Å². The molecule has 0 saturated carbocycles. The molecule has 1 unspecified atom stereocenters. The largest absolute Gasteiger partial charge is 0.338 e. The lowest BCUT2D eigenvalue weighted by atomic mass is 10.1. The molecule has 1 aromatic carbocycles. The lowest BCUT2D eigenvalue weighted by molar-refractivity contribution is -0.131. The topological polar surface area (TPSA) is 32.3 Å². The molecule has 1 amide bonds. The fraction of sp³-hybridized carbons (Fsp3) is 0.500. The van der Waals surface area contributed by atoms with Gasteiger partial charge < -0.3 is 10.2 Å². The van der Waals surface area contributed by atoms with Gasteiger partial charge in [0.05, 0.1) is 6.42 Å². The van der Waals surface area contributed by atoms with E-state index in [4.69, 9.17) is 23.2 Å². The van der Waals surface area contributed by atoms with E-state index in [1.807, 2.05) is 11.9 Å². The molecule has 1 atom stereocenters. The fourth-order valence-electron chi connectivity index (χ4n) is 2.57. The van der Waals surface area contributed by atoms with E-state index in [0.29, 0.717) is 16.1 Å². The number of carbonyl (C=O) groups excluding carboxylic acids is 1. The Bertz CT molecular complexity index is 447. The van der Waals surface area contributed by atoms with Crippen molar-refractivity contribution in [1.29, 1.82) is 0 Å². The highest BCUT2D eigenvalue weighted by Crippen LogP contribution is 2.26. The quantitative estimate of drug-likeness (QED) is 0.915. The second kappa shape index (κ2) is 8.08. The number of benzene rings is 1. The molecule has 0 aliphatic carbocycles. The number of hydrogen-bond donors (Lipinski definition) is 1. The molecular weight excluding hydrogens is 319 g/mol. The third-order valence-electron chi connectivity index (χ3n) is 3.53. The summed E-state index contributed by atoms with van der Waals surface area (Å²) in [7, 11) is 1.91. The summed E-state index contributed by atoms with van der Waals surface area (Å²) in [4.78, 5) is 14.3. The molecular formula is C14H19Cl3N2O. The Kier molecular flexibility index (Phi) is 7.10. The summed E-state index contributed by atoms with van der Waals surface area (Å²) in [5, 5.41) is 4.26. The molecule has 1 aliphatic rings. The van der Waals surface area contributed by atoms with Crippen LogP contribution in [-0.4, -0.2) is 37.0 Å². The normalized spacial score (nSPS) is 17.9. The number of carbonyl (C=O) groups is 1. The first-order chi connectivity index (χ1) is 9.13. The van der Waals surface area contributed by atoms with Crippen molar-refractivity contribution in [2.24, 2.45) is 0 Å². The van der Waals surface area contributed by atoms with Crippen molar-refractivity contribution < 1.29 is 4.79 Å². The zero-order chi connectivity index (χ0) is 13.8. The second-order valence-corrected chi connectivity index (χ2v) is 5.63. The highest BCUT2D eigenvalue weighted by atomic mass is 35.5. The third kappa shape index (κ3) is 4.01. The molecule has 6 heteroatoms. The van der Waals surface area contributed by atoms with Crippen LogP contribution in [0, 0.1) is 0 Å². The molecule has 1 fully saturated rings. The van der Waals surface area contributed by atoms with Crippen LogP contribution in [0.2, 0.25) is 10.0 Å². The van der Waals surface area contributed by atoms with Gasteiger partial charge in [-0.05, 0) is 37.6 Å². The highest BCUT2D eigenvalue weighted by Gasteiger charge is 2.28. The Labute approximate surface area is 136 Å². The molecule has 1 aromatic rings. The van der Waals surface area contributed by atoms with E-state index in [0.717, 1.165) is 31.5 Å². The number of halogens is 3. The average Bonchev–Trinajstić information content (AvgIpc) is 2.83. The maximum atomic E-state index is 12.4. The van der Waals surface area contributed by atoms with Gasteiger partial charge in [-0.25, -0.2) is 0 Å². The minimum atomic E-state index is 0. The Balaban J connectivity index is 0.00000200. The van der Waals surface area contributed by atoms with Crippen molar-refractivity contribution in [2.75, 3.05) is 20.1 Å². The zero-order valence-corrected chi connectivity index (χ0v) is 13.7. The Hall–Kier alpha value is -0.480. The van der Waals surface area contributed by atoms with Gasteiger partial charge in [0.15, 0.2) is 0 Å². The van der Waals surface area contributed by atoms with Gasteiger partial charge in [0.2, 0.25) is 5.91 Å². The maximum absolute atomic E-state index is 12.4. The van der Waals surface area contributed by atoms with Gasteiger partial charge in [0, 0.05) is 29.2 Å². The molecule has 1 heterocycles. The Morgan fingerprint density at radius 1 is 1.40 bits per heavy atom. The lowest BCUT2D eigenvalue weighted by Crippen LogP contribution is -2.41. The molecule has 0 spiro atoms. The van der Waals surface area contributed by atoms with Gasteiger partial charge in [-0.15, -0.1) is 12.4 Å². The maximum Gasteiger partial charge on any atom is 0.227 e. The van der Waals surface area contributed by atoms with Gasteiger partial charge in [0.25, 0.3) is 0 Å². The smallest absolute Gasteiger partial charge is 0.227 e. The van der Waals surface area contributed by atoms with E-state index >= 15 is 0 Å². The van der Waals surface area contributed by atoms with Crippen LogP contribution in [0.25, 0.3) is 0 Å². The summed E-state index contributed by atoms with van der Waals surface area (Å²) in [6.45, 7) is 1.66. The van der Waals surface area contributed by atoms with Crippen LogP contribution < -0.4 is 5.32 Å². The molecule has 0 bridgehead atoms. The number of likely N-dealkylation sites (N-methyl/N-ethyl adjacent to an activating group) is 1. The summed E-state index contributed by atoms with van der Waals surface area (Å²) in [5.74, 6) is 0.104. The molecule has 1 N–H and O–H groups in total. The number of hydrogen-bond acceptors (Lipinski definition) is 2. The monoisotopic (exact) mass is 336 g/mol. The summed E-state index contributed by atoms with van der Waals surface area (Å²) >= 11 is 12.2. The molecule has 0 radical (unpaired) electrons. The van der Waals surface area contributed by atoms with Crippen molar-refractivity contribution in [3.05, 3.63) is 33.8 Å². The van der Waals surface area contributed by atoms with Crippen LogP contribution in [0.3, 0.4) is 0 Å². The van der Waals surface area contributed by atoms with Gasteiger partial charge in [-0.2, -0.15) is 0 Å². The van der Waals surface area contributed by atoms with Crippen molar-refractivity contribution in [1.82, 2.24) is 10.2 Å². The molecule has 3 nitrogen and oxygen atoms in total. The SMILES string of the molecule is CNCC1CCCN1C(=O)Cc1c(Cl)cccc1Cl.Cl. The van der Waals surface area contributed by atoms with E-state index in [2.05, 4.69) is 5.32 Å². The van der Waals surface area contributed by atoms with Crippen LogP contribution in [0.15, 0.2) is 18.2 Å². The van der Waals surface area contributed by atoms with Crippen LogP contribution in [0.5, 0.6) is 0 Å². The number of nitrogens with one attached hydrogen (secondary N) is 1. The molecule has 20 heavy (non-hydrogen) atoms. The highest BCUT2D eigenvalue weighted by molar-refractivity contribution is 6.36. The van der Waals surface area contributed by atoms with Crippen molar-refractivity contribution in [3.63, 3.8) is 0 Å². The van der Waals surface area contributed by atoms with E-state index in [1.54, 1.807) is 18.2 Å².